The average molecular weight is 511 g/mol. The zero-order chi connectivity index (χ0) is 27.4. The molecule has 0 radical (unpaired) electrons. The van der Waals surface area contributed by atoms with E-state index in [-0.39, 0.29) is 18.9 Å². The van der Waals surface area contributed by atoms with Gasteiger partial charge in [-0.15, -0.1) is 0 Å². The molecular weight excluding hydrogens is 472 g/mol. The molecule has 2 amide bonds. The van der Waals surface area contributed by atoms with Gasteiger partial charge >= 0.3 is 12.1 Å². The summed E-state index contributed by atoms with van der Waals surface area (Å²) in [4.78, 5) is 39.9. The molecule has 8 heteroatoms. The summed E-state index contributed by atoms with van der Waals surface area (Å²) in [6.07, 6.45) is -0.0185. The molecule has 0 spiro atoms. The van der Waals surface area contributed by atoms with Crippen LogP contribution in [-0.2, 0) is 24.7 Å². The summed E-state index contributed by atoms with van der Waals surface area (Å²) in [5, 5.41) is 12.7. The van der Waals surface area contributed by atoms with Gasteiger partial charge in [-0.1, -0.05) is 74.9 Å². The van der Waals surface area contributed by atoms with Crippen LogP contribution in [0, 0.1) is 5.92 Å². The van der Waals surface area contributed by atoms with E-state index in [9.17, 15) is 19.5 Å². The van der Waals surface area contributed by atoms with E-state index >= 15 is 0 Å². The first kappa shape index (κ1) is 28.2. The first-order chi connectivity index (χ1) is 17.4. The molecule has 2 aromatic rings. The van der Waals surface area contributed by atoms with Crippen LogP contribution in [0.5, 0.6) is 0 Å². The molecule has 2 N–H and O–H groups in total. The van der Waals surface area contributed by atoms with Crippen LogP contribution in [0.2, 0.25) is 0 Å². The van der Waals surface area contributed by atoms with Crippen molar-refractivity contribution in [2.24, 2.45) is 5.92 Å². The van der Waals surface area contributed by atoms with E-state index in [1.165, 1.54) is 12.0 Å². The maximum Gasteiger partial charge on any atom is 0.408 e. The van der Waals surface area contributed by atoms with E-state index in [2.05, 4.69) is 5.32 Å². The van der Waals surface area contributed by atoms with Crippen LogP contribution in [0.4, 0.5) is 4.79 Å². The van der Waals surface area contributed by atoms with Crippen molar-refractivity contribution >= 4 is 18.0 Å². The number of carbonyl (C=O) groups is 3. The molecular formula is C29H38N2O6. The standard InChI is InChI=1S/C29H38N2O6/c1-7-19(2)24(30-27(35)37-28(3,4)5)25(32)31-18-29(36-6,17-23(31)26(33)34)22-15-13-21(14-16-22)20-11-9-8-10-12-20/h8-16,19,23-24H,7,17-18H2,1-6H3,(H,30,35)(H,33,34)/t19?,23-,24?,29-/m0/s1. The van der Waals surface area contributed by atoms with Crippen molar-refractivity contribution in [3.05, 3.63) is 60.2 Å². The second-order valence-electron chi connectivity index (χ2n) is 10.7. The van der Waals surface area contributed by atoms with E-state index in [1.54, 1.807) is 20.8 Å². The molecule has 1 saturated heterocycles. The highest BCUT2D eigenvalue weighted by molar-refractivity contribution is 5.90. The Morgan fingerprint density at radius 3 is 2.19 bits per heavy atom. The van der Waals surface area contributed by atoms with Gasteiger partial charge in [-0.05, 0) is 43.4 Å². The number of carboxylic acid groups (broad SMARTS) is 1. The summed E-state index contributed by atoms with van der Waals surface area (Å²) < 4.78 is 11.3. The number of carboxylic acids is 1. The van der Waals surface area contributed by atoms with Gasteiger partial charge in [0.05, 0.1) is 6.54 Å². The minimum Gasteiger partial charge on any atom is -0.480 e. The largest absolute Gasteiger partial charge is 0.480 e. The Labute approximate surface area is 219 Å². The van der Waals surface area contributed by atoms with Gasteiger partial charge in [-0.25, -0.2) is 9.59 Å². The quantitative estimate of drug-likeness (QED) is 0.528. The first-order valence-electron chi connectivity index (χ1n) is 12.6. The fraction of sp³-hybridized carbons (Fsp3) is 0.483. The Bertz CT molecular complexity index is 1100. The van der Waals surface area contributed by atoms with Crippen molar-refractivity contribution in [1.29, 1.82) is 0 Å². The number of ether oxygens (including phenoxy) is 2. The van der Waals surface area contributed by atoms with Crippen molar-refractivity contribution in [1.82, 2.24) is 10.2 Å². The zero-order valence-electron chi connectivity index (χ0n) is 22.5. The molecule has 0 saturated carbocycles. The third kappa shape index (κ3) is 6.49. The van der Waals surface area contributed by atoms with Crippen LogP contribution in [0.3, 0.4) is 0 Å². The molecule has 8 nitrogen and oxygen atoms in total. The average Bonchev–Trinajstić information content (AvgIpc) is 3.28. The Morgan fingerprint density at radius 2 is 1.68 bits per heavy atom. The van der Waals surface area contributed by atoms with Crippen LogP contribution in [0.1, 0.15) is 53.0 Å². The Balaban J connectivity index is 1.90. The molecule has 1 aliphatic rings. The smallest absolute Gasteiger partial charge is 0.408 e. The van der Waals surface area contributed by atoms with Gasteiger partial charge in [-0.2, -0.15) is 0 Å². The number of aliphatic carboxylic acids is 1. The number of benzene rings is 2. The number of hydrogen-bond acceptors (Lipinski definition) is 5. The van der Waals surface area contributed by atoms with Gasteiger partial charge in [0.25, 0.3) is 0 Å². The molecule has 37 heavy (non-hydrogen) atoms. The second kappa shape index (κ2) is 11.3. The van der Waals surface area contributed by atoms with Crippen molar-refractivity contribution in [2.75, 3.05) is 13.7 Å². The van der Waals surface area contributed by atoms with Gasteiger partial charge in [0.2, 0.25) is 5.91 Å². The predicted octanol–water partition coefficient (Wildman–Crippen LogP) is 4.82. The van der Waals surface area contributed by atoms with E-state index in [4.69, 9.17) is 9.47 Å². The van der Waals surface area contributed by atoms with E-state index < -0.39 is 41.3 Å². The fourth-order valence-corrected chi connectivity index (χ4v) is 4.69. The number of hydrogen-bond donors (Lipinski definition) is 2. The monoisotopic (exact) mass is 510 g/mol. The normalized spacial score (nSPS) is 21.2. The number of alkyl carbamates (subject to hydrolysis) is 1. The van der Waals surface area contributed by atoms with Crippen molar-refractivity contribution in [3.63, 3.8) is 0 Å². The van der Waals surface area contributed by atoms with Crippen molar-refractivity contribution in [3.8, 4) is 11.1 Å². The van der Waals surface area contributed by atoms with Gasteiger partial charge < -0.3 is 24.8 Å². The summed E-state index contributed by atoms with van der Waals surface area (Å²) in [5.41, 5.74) is 1.14. The fourth-order valence-electron chi connectivity index (χ4n) is 4.69. The van der Waals surface area contributed by atoms with Crippen LogP contribution in [-0.4, -0.2) is 59.3 Å². The molecule has 3 rings (SSSR count). The number of rotatable bonds is 8. The predicted molar refractivity (Wildman–Crippen MR) is 141 cm³/mol. The van der Waals surface area contributed by atoms with Crippen molar-refractivity contribution < 1.29 is 29.0 Å². The summed E-state index contributed by atoms with van der Waals surface area (Å²) >= 11 is 0. The Morgan fingerprint density at radius 1 is 1.08 bits per heavy atom. The molecule has 0 bridgehead atoms. The number of likely N-dealkylation sites (tertiary alicyclic amines) is 1. The molecule has 1 fully saturated rings. The van der Waals surface area contributed by atoms with Crippen LogP contribution in [0.25, 0.3) is 11.1 Å². The maximum atomic E-state index is 13.8. The Kier molecular flexibility index (Phi) is 8.64. The third-order valence-corrected chi connectivity index (χ3v) is 6.95. The topological polar surface area (TPSA) is 105 Å². The number of carbonyl (C=O) groups excluding carboxylic acids is 2. The molecule has 1 heterocycles. The minimum atomic E-state index is -1.12. The van der Waals surface area contributed by atoms with Crippen LogP contribution >= 0.6 is 0 Å². The second-order valence-corrected chi connectivity index (χ2v) is 10.7. The molecule has 1 aliphatic heterocycles. The molecule has 200 valence electrons. The van der Waals surface area contributed by atoms with Crippen LogP contribution in [0.15, 0.2) is 54.6 Å². The number of methoxy groups -OCH3 is 1. The number of amides is 2. The highest BCUT2D eigenvalue weighted by Gasteiger charge is 2.52. The summed E-state index contributed by atoms with van der Waals surface area (Å²) in [7, 11) is 1.53. The lowest BCUT2D eigenvalue weighted by Crippen LogP contribution is -2.55. The number of nitrogens with zero attached hydrogens (tertiary/aromatic N) is 1. The minimum absolute atomic E-state index is 0.0485. The lowest BCUT2D eigenvalue weighted by molar-refractivity contribution is -0.149. The van der Waals surface area contributed by atoms with Gasteiger partial charge in [0.1, 0.15) is 23.3 Å². The van der Waals surface area contributed by atoms with Crippen molar-refractivity contribution in [2.45, 2.75) is 70.7 Å². The third-order valence-electron chi connectivity index (χ3n) is 6.95. The maximum absolute atomic E-state index is 13.8. The lowest BCUT2D eigenvalue weighted by atomic mass is 9.89. The van der Waals surface area contributed by atoms with E-state index in [0.29, 0.717) is 6.42 Å². The SMILES string of the molecule is CCC(C)C(NC(=O)OC(C)(C)C)C(=O)N1C[C@](OC)(c2ccc(-c3ccccc3)cc2)C[C@H]1C(=O)O. The van der Waals surface area contributed by atoms with Gasteiger partial charge in [-0.3, -0.25) is 4.79 Å². The number of nitrogens with one attached hydrogen (secondary N) is 1. The molecule has 0 aromatic heterocycles. The lowest BCUT2D eigenvalue weighted by Gasteiger charge is -2.32. The molecule has 2 aromatic carbocycles. The molecule has 2 unspecified atom stereocenters. The first-order valence-corrected chi connectivity index (χ1v) is 12.6. The van der Waals surface area contributed by atoms with E-state index in [1.807, 2.05) is 68.4 Å². The highest BCUT2D eigenvalue weighted by atomic mass is 16.6. The molecule has 4 atom stereocenters. The van der Waals surface area contributed by atoms with Crippen LogP contribution < -0.4 is 5.32 Å². The van der Waals surface area contributed by atoms with E-state index in [0.717, 1.165) is 16.7 Å². The summed E-state index contributed by atoms with van der Waals surface area (Å²) in [6.45, 7) is 9.02. The highest BCUT2D eigenvalue weighted by Crippen LogP contribution is 2.40. The molecule has 0 aliphatic carbocycles. The summed E-state index contributed by atoms with van der Waals surface area (Å²) in [6, 6.07) is 15.7. The Hall–Kier alpha value is -3.39. The zero-order valence-corrected chi connectivity index (χ0v) is 22.5. The van der Waals surface area contributed by atoms with Gasteiger partial charge in [0, 0.05) is 13.5 Å². The van der Waals surface area contributed by atoms with Gasteiger partial charge in [0.15, 0.2) is 0 Å². The summed E-state index contributed by atoms with van der Waals surface area (Å²) in [5.74, 6) is -1.82.